The van der Waals surface area contributed by atoms with Crippen LogP contribution in [0.5, 0.6) is 0 Å². The fraction of sp³-hybridized carbons (Fsp3) is 0.818. The largest absolute Gasteiger partial charge is 0.395 e. The lowest BCUT2D eigenvalue weighted by Gasteiger charge is -2.20. The molecule has 0 aromatic carbocycles. The molecule has 0 amide bonds. The summed E-state index contributed by atoms with van der Waals surface area (Å²) in [6.45, 7) is 9.10. The first-order chi connectivity index (χ1) is 7.56. The summed E-state index contributed by atoms with van der Waals surface area (Å²) in [6.07, 6.45) is 1.57. The van der Waals surface area contributed by atoms with E-state index in [1.807, 2.05) is 4.68 Å². The zero-order valence-corrected chi connectivity index (χ0v) is 10.5. The van der Waals surface area contributed by atoms with E-state index in [9.17, 15) is 5.11 Å². The maximum atomic E-state index is 9.20. The van der Waals surface area contributed by atoms with E-state index >= 15 is 0 Å². The summed E-state index contributed by atoms with van der Waals surface area (Å²) in [5.41, 5.74) is 0. The van der Waals surface area contributed by atoms with Crippen LogP contribution in [0.4, 0.5) is 0 Å². The van der Waals surface area contributed by atoms with Gasteiger partial charge in [-0.3, -0.25) is 0 Å². The molecular formula is C11H22N4O. The third-order valence-corrected chi connectivity index (χ3v) is 2.66. The Morgan fingerprint density at radius 3 is 2.56 bits per heavy atom. The average Bonchev–Trinajstić information content (AvgIpc) is 2.66. The normalized spacial score (nSPS) is 13.7. The number of aliphatic hydroxyl groups is 1. The van der Waals surface area contributed by atoms with Crippen LogP contribution in [0, 0.1) is 5.92 Å². The highest BCUT2D eigenvalue weighted by Gasteiger charge is 2.13. The highest BCUT2D eigenvalue weighted by atomic mass is 16.3. The monoisotopic (exact) mass is 226 g/mol. The summed E-state index contributed by atoms with van der Waals surface area (Å²) in [5.74, 6) is 1.31. The molecule has 0 radical (unpaired) electrons. The van der Waals surface area contributed by atoms with Crippen molar-refractivity contribution >= 4 is 0 Å². The van der Waals surface area contributed by atoms with Crippen molar-refractivity contribution in [3.63, 3.8) is 0 Å². The SMILES string of the molecule is CC(C)[C@@H](CO)NCc1ncnn1C(C)C. The number of aromatic nitrogens is 3. The molecule has 0 saturated carbocycles. The molecule has 0 aliphatic heterocycles. The van der Waals surface area contributed by atoms with Crippen LogP contribution in [0.1, 0.15) is 39.6 Å². The second-order valence-corrected chi connectivity index (χ2v) is 4.63. The molecule has 92 valence electrons. The van der Waals surface area contributed by atoms with E-state index in [2.05, 4.69) is 43.1 Å². The van der Waals surface area contributed by atoms with Crippen molar-refractivity contribution in [1.82, 2.24) is 20.1 Å². The molecule has 0 bridgehead atoms. The summed E-state index contributed by atoms with van der Waals surface area (Å²) >= 11 is 0. The zero-order valence-electron chi connectivity index (χ0n) is 10.5. The van der Waals surface area contributed by atoms with Crippen LogP contribution in [-0.2, 0) is 6.54 Å². The van der Waals surface area contributed by atoms with E-state index in [1.165, 1.54) is 0 Å². The summed E-state index contributed by atoms with van der Waals surface area (Å²) in [5, 5.41) is 16.7. The first-order valence-electron chi connectivity index (χ1n) is 5.78. The molecule has 0 spiro atoms. The van der Waals surface area contributed by atoms with Crippen LogP contribution in [0.15, 0.2) is 6.33 Å². The van der Waals surface area contributed by atoms with Crippen molar-refractivity contribution < 1.29 is 5.11 Å². The van der Waals surface area contributed by atoms with E-state index in [0.717, 1.165) is 5.82 Å². The molecule has 1 atom stereocenters. The van der Waals surface area contributed by atoms with Gasteiger partial charge in [0, 0.05) is 12.1 Å². The summed E-state index contributed by atoms with van der Waals surface area (Å²) < 4.78 is 1.89. The van der Waals surface area contributed by atoms with E-state index in [-0.39, 0.29) is 12.6 Å². The minimum atomic E-state index is 0.109. The van der Waals surface area contributed by atoms with Crippen molar-refractivity contribution in [3.8, 4) is 0 Å². The Hall–Kier alpha value is -0.940. The average molecular weight is 226 g/mol. The lowest BCUT2D eigenvalue weighted by atomic mass is 10.1. The van der Waals surface area contributed by atoms with Crippen molar-refractivity contribution in [2.75, 3.05) is 6.61 Å². The number of nitrogens with one attached hydrogen (secondary N) is 1. The molecule has 0 saturated heterocycles. The lowest BCUT2D eigenvalue weighted by Crippen LogP contribution is -2.37. The molecule has 5 nitrogen and oxygen atoms in total. The lowest BCUT2D eigenvalue weighted by molar-refractivity contribution is 0.208. The second-order valence-electron chi connectivity index (χ2n) is 4.63. The van der Waals surface area contributed by atoms with Gasteiger partial charge in [-0.1, -0.05) is 13.8 Å². The number of rotatable bonds is 6. The van der Waals surface area contributed by atoms with Crippen LogP contribution in [0.25, 0.3) is 0 Å². The smallest absolute Gasteiger partial charge is 0.141 e. The van der Waals surface area contributed by atoms with Crippen molar-refractivity contribution in [2.45, 2.75) is 46.3 Å². The molecule has 0 aliphatic carbocycles. The maximum Gasteiger partial charge on any atom is 0.141 e. The zero-order chi connectivity index (χ0) is 12.1. The Balaban J connectivity index is 2.56. The number of aliphatic hydroxyl groups excluding tert-OH is 1. The molecule has 2 N–H and O–H groups in total. The van der Waals surface area contributed by atoms with Gasteiger partial charge in [-0.25, -0.2) is 9.67 Å². The first-order valence-corrected chi connectivity index (χ1v) is 5.78. The quantitative estimate of drug-likeness (QED) is 0.758. The van der Waals surface area contributed by atoms with Gasteiger partial charge in [-0.15, -0.1) is 0 Å². The van der Waals surface area contributed by atoms with Crippen LogP contribution >= 0.6 is 0 Å². The third-order valence-electron chi connectivity index (χ3n) is 2.66. The molecule has 5 heteroatoms. The fourth-order valence-corrected chi connectivity index (χ4v) is 1.57. The van der Waals surface area contributed by atoms with E-state index < -0.39 is 0 Å². The Kier molecular flexibility index (Phi) is 4.89. The van der Waals surface area contributed by atoms with Gasteiger partial charge in [0.05, 0.1) is 13.2 Å². The predicted molar refractivity (Wildman–Crippen MR) is 63.0 cm³/mol. The fourth-order valence-electron chi connectivity index (χ4n) is 1.57. The van der Waals surface area contributed by atoms with Gasteiger partial charge in [0.1, 0.15) is 12.2 Å². The van der Waals surface area contributed by atoms with Crippen LogP contribution in [0.3, 0.4) is 0 Å². The van der Waals surface area contributed by atoms with Gasteiger partial charge in [-0.2, -0.15) is 5.10 Å². The van der Waals surface area contributed by atoms with E-state index in [4.69, 9.17) is 0 Å². The number of nitrogens with zero attached hydrogens (tertiary/aromatic N) is 3. The van der Waals surface area contributed by atoms with Gasteiger partial charge in [0.25, 0.3) is 0 Å². The second kappa shape index (κ2) is 5.96. The third kappa shape index (κ3) is 3.28. The Labute approximate surface area is 96.9 Å². The minimum absolute atomic E-state index is 0.109. The maximum absolute atomic E-state index is 9.20. The van der Waals surface area contributed by atoms with Gasteiger partial charge < -0.3 is 10.4 Å². The number of hydrogen-bond acceptors (Lipinski definition) is 4. The highest BCUT2D eigenvalue weighted by Crippen LogP contribution is 2.06. The first kappa shape index (κ1) is 13.1. The van der Waals surface area contributed by atoms with E-state index in [0.29, 0.717) is 18.5 Å². The summed E-state index contributed by atoms with van der Waals surface area (Å²) in [6, 6.07) is 0.420. The Bertz CT molecular complexity index is 309. The molecule has 16 heavy (non-hydrogen) atoms. The van der Waals surface area contributed by atoms with E-state index in [1.54, 1.807) is 6.33 Å². The van der Waals surface area contributed by atoms with Crippen LogP contribution in [-0.4, -0.2) is 32.5 Å². The molecule has 1 heterocycles. The topological polar surface area (TPSA) is 63.0 Å². The van der Waals surface area contributed by atoms with Gasteiger partial charge in [0.15, 0.2) is 0 Å². The molecule has 0 aliphatic rings. The molecule has 1 rings (SSSR count). The van der Waals surface area contributed by atoms with Crippen LogP contribution in [0.2, 0.25) is 0 Å². The summed E-state index contributed by atoms with van der Waals surface area (Å²) in [7, 11) is 0. The van der Waals surface area contributed by atoms with Crippen molar-refractivity contribution in [3.05, 3.63) is 12.2 Å². The van der Waals surface area contributed by atoms with Gasteiger partial charge in [-0.05, 0) is 19.8 Å². The van der Waals surface area contributed by atoms with Gasteiger partial charge >= 0.3 is 0 Å². The molecule has 1 aromatic heterocycles. The molecular weight excluding hydrogens is 204 g/mol. The van der Waals surface area contributed by atoms with Crippen molar-refractivity contribution in [2.24, 2.45) is 5.92 Å². The standard InChI is InChI=1S/C11H22N4O/c1-8(2)10(6-16)12-5-11-13-7-14-15(11)9(3)4/h7-10,12,16H,5-6H2,1-4H3/t10-/m1/s1. The molecule has 0 unspecified atom stereocenters. The van der Waals surface area contributed by atoms with Crippen LogP contribution < -0.4 is 5.32 Å². The van der Waals surface area contributed by atoms with Gasteiger partial charge in [0.2, 0.25) is 0 Å². The molecule has 1 aromatic rings. The summed E-state index contributed by atoms with van der Waals surface area (Å²) in [4.78, 5) is 4.21. The predicted octanol–water partition coefficient (Wildman–Crippen LogP) is 0.965. The molecule has 0 fully saturated rings. The highest BCUT2D eigenvalue weighted by molar-refractivity contribution is 4.87. The Morgan fingerprint density at radius 1 is 1.38 bits per heavy atom. The minimum Gasteiger partial charge on any atom is -0.395 e. The number of hydrogen-bond donors (Lipinski definition) is 2. The Morgan fingerprint density at radius 2 is 2.06 bits per heavy atom. The van der Waals surface area contributed by atoms with Crippen molar-refractivity contribution in [1.29, 1.82) is 0 Å².